The first-order chi connectivity index (χ1) is 20.8. The summed E-state index contributed by atoms with van der Waals surface area (Å²) in [5.41, 5.74) is 2.11. The van der Waals surface area contributed by atoms with E-state index in [0.717, 1.165) is 21.4 Å². The van der Waals surface area contributed by atoms with E-state index in [2.05, 4.69) is 16.0 Å². The smallest absolute Gasteiger partial charge is 0.272 e. The standard InChI is InChI=1S/C34H25Cl2N3O3S/c35-26-15-13-25(30(36)19-26)18-31(39-33(41)23-8-2-1-3-9-23)34(42)38-27-11-6-12-29(20-27)43-21-32(40)37-28-16-14-22-7-4-5-10-24(22)17-28/h1-20H,21H2,(H,37,40)(H,38,42)(H,39,41)/b31-18+. The normalized spacial score (nSPS) is 11.2. The predicted octanol–water partition coefficient (Wildman–Crippen LogP) is 8.29. The molecule has 0 aliphatic carbocycles. The lowest BCUT2D eigenvalue weighted by Gasteiger charge is -2.13. The van der Waals surface area contributed by atoms with Crippen LogP contribution in [-0.4, -0.2) is 23.5 Å². The van der Waals surface area contributed by atoms with Crippen molar-refractivity contribution in [1.29, 1.82) is 0 Å². The minimum atomic E-state index is -0.550. The van der Waals surface area contributed by atoms with E-state index in [0.29, 0.717) is 26.9 Å². The van der Waals surface area contributed by atoms with Crippen LogP contribution in [0.25, 0.3) is 16.8 Å². The van der Waals surface area contributed by atoms with Gasteiger partial charge in [-0.25, -0.2) is 0 Å². The number of hydrogen-bond acceptors (Lipinski definition) is 4. The third kappa shape index (κ3) is 8.26. The molecule has 0 radical (unpaired) electrons. The summed E-state index contributed by atoms with van der Waals surface area (Å²) in [5.74, 6) is -0.971. The van der Waals surface area contributed by atoms with Crippen molar-refractivity contribution in [3.8, 4) is 0 Å². The molecule has 214 valence electrons. The van der Waals surface area contributed by atoms with Gasteiger partial charge >= 0.3 is 0 Å². The van der Waals surface area contributed by atoms with Crippen molar-refractivity contribution in [2.45, 2.75) is 4.90 Å². The highest BCUT2D eigenvalue weighted by Gasteiger charge is 2.16. The molecule has 0 unspecified atom stereocenters. The molecule has 0 spiro atoms. The molecule has 5 rings (SSSR count). The Morgan fingerprint density at radius 2 is 1.44 bits per heavy atom. The van der Waals surface area contributed by atoms with Gasteiger partial charge in [-0.2, -0.15) is 0 Å². The van der Waals surface area contributed by atoms with Gasteiger partial charge in [0.15, 0.2) is 0 Å². The molecule has 0 aliphatic rings. The summed E-state index contributed by atoms with van der Waals surface area (Å²) in [5, 5.41) is 11.4. The zero-order valence-electron chi connectivity index (χ0n) is 22.6. The van der Waals surface area contributed by atoms with Gasteiger partial charge in [0, 0.05) is 31.9 Å². The molecular weight excluding hydrogens is 601 g/mol. The molecule has 3 N–H and O–H groups in total. The summed E-state index contributed by atoms with van der Waals surface area (Å²) >= 11 is 13.7. The van der Waals surface area contributed by atoms with Crippen LogP contribution < -0.4 is 16.0 Å². The van der Waals surface area contributed by atoms with Crippen molar-refractivity contribution in [2.24, 2.45) is 0 Å². The average Bonchev–Trinajstić information content (AvgIpc) is 3.01. The van der Waals surface area contributed by atoms with Crippen LogP contribution in [0.1, 0.15) is 15.9 Å². The maximum atomic E-state index is 13.4. The molecular formula is C34H25Cl2N3O3S. The van der Waals surface area contributed by atoms with Gasteiger partial charge < -0.3 is 16.0 Å². The zero-order valence-corrected chi connectivity index (χ0v) is 25.0. The van der Waals surface area contributed by atoms with Crippen LogP contribution in [0.5, 0.6) is 0 Å². The topological polar surface area (TPSA) is 87.3 Å². The maximum absolute atomic E-state index is 13.4. The van der Waals surface area contributed by atoms with Crippen LogP contribution in [0.3, 0.4) is 0 Å². The lowest BCUT2D eigenvalue weighted by molar-refractivity contribution is -0.114. The van der Waals surface area contributed by atoms with Crippen molar-refractivity contribution in [1.82, 2.24) is 5.32 Å². The van der Waals surface area contributed by atoms with E-state index in [1.807, 2.05) is 48.5 Å². The second-order valence-corrected chi connectivity index (χ2v) is 11.3. The van der Waals surface area contributed by atoms with Gasteiger partial charge in [-0.3, -0.25) is 14.4 Å². The molecule has 0 heterocycles. The van der Waals surface area contributed by atoms with Gasteiger partial charge in [0.05, 0.1) is 5.75 Å². The number of anilines is 2. The highest BCUT2D eigenvalue weighted by molar-refractivity contribution is 8.00. The maximum Gasteiger partial charge on any atom is 0.272 e. The third-order valence-electron chi connectivity index (χ3n) is 6.29. The van der Waals surface area contributed by atoms with Gasteiger partial charge in [-0.15, -0.1) is 11.8 Å². The second kappa shape index (κ2) is 14.1. The first kappa shape index (κ1) is 29.9. The van der Waals surface area contributed by atoms with E-state index in [4.69, 9.17) is 23.2 Å². The van der Waals surface area contributed by atoms with E-state index in [1.165, 1.54) is 17.8 Å². The predicted molar refractivity (Wildman–Crippen MR) is 177 cm³/mol. The SMILES string of the molecule is O=C(CSc1cccc(NC(=O)/C(=C\c2ccc(Cl)cc2Cl)NC(=O)c2ccccc2)c1)Nc1ccc2ccccc2c1. The highest BCUT2D eigenvalue weighted by atomic mass is 35.5. The second-order valence-electron chi connectivity index (χ2n) is 9.42. The van der Waals surface area contributed by atoms with Crippen molar-refractivity contribution < 1.29 is 14.4 Å². The fraction of sp³-hybridized carbons (Fsp3) is 0.0294. The van der Waals surface area contributed by atoms with E-state index in [-0.39, 0.29) is 17.4 Å². The number of rotatable bonds is 9. The van der Waals surface area contributed by atoms with Crippen molar-refractivity contribution in [2.75, 3.05) is 16.4 Å². The number of carbonyl (C=O) groups is 3. The molecule has 0 bridgehead atoms. The Kier molecular flexibility index (Phi) is 9.79. The lowest BCUT2D eigenvalue weighted by Crippen LogP contribution is -2.30. The summed E-state index contributed by atoms with van der Waals surface area (Å²) in [6.07, 6.45) is 1.49. The Hall–Kier alpha value is -4.56. The van der Waals surface area contributed by atoms with Gasteiger partial charge in [0.25, 0.3) is 11.8 Å². The summed E-state index contributed by atoms with van der Waals surface area (Å²) in [6, 6.07) is 34.3. The molecule has 0 saturated heterocycles. The van der Waals surface area contributed by atoms with Crippen LogP contribution >= 0.6 is 35.0 Å². The molecule has 0 aromatic heterocycles. The van der Waals surface area contributed by atoms with Crippen LogP contribution in [0.15, 0.2) is 126 Å². The van der Waals surface area contributed by atoms with Gasteiger partial charge in [0.1, 0.15) is 5.70 Å². The lowest BCUT2D eigenvalue weighted by atomic mass is 10.1. The summed E-state index contributed by atoms with van der Waals surface area (Å²) < 4.78 is 0. The fourth-order valence-electron chi connectivity index (χ4n) is 4.19. The quantitative estimate of drug-likeness (QED) is 0.114. The van der Waals surface area contributed by atoms with Crippen LogP contribution in [0.2, 0.25) is 10.0 Å². The van der Waals surface area contributed by atoms with Crippen LogP contribution in [0, 0.1) is 0 Å². The molecule has 0 fully saturated rings. The van der Waals surface area contributed by atoms with Crippen LogP contribution in [-0.2, 0) is 9.59 Å². The Balaban J connectivity index is 1.27. The monoisotopic (exact) mass is 625 g/mol. The van der Waals surface area contributed by atoms with E-state index in [9.17, 15) is 14.4 Å². The van der Waals surface area contributed by atoms with Crippen molar-refractivity contribution in [3.63, 3.8) is 0 Å². The number of hydrogen-bond donors (Lipinski definition) is 3. The van der Waals surface area contributed by atoms with Crippen molar-refractivity contribution in [3.05, 3.63) is 142 Å². The molecule has 0 atom stereocenters. The number of halogens is 2. The Labute approximate surface area is 263 Å². The third-order valence-corrected chi connectivity index (χ3v) is 7.84. The van der Waals surface area contributed by atoms with E-state index >= 15 is 0 Å². The van der Waals surface area contributed by atoms with Crippen LogP contribution in [0.4, 0.5) is 11.4 Å². The first-order valence-electron chi connectivity index (χ1n) is 13.2. The largest absolute Gasteiger partial charge is 0.325 e. The average molecular weight is 627 g/mol. The van der Waals surface area contributed by atoms with E-state index in [1.54, 1.807) is 66.7 Å². The molecule has 5 aromatic rings. The number of amides is 3. The summed E-state index contributed by atoms with van der Waals surface area (Å²) in [7, 11) is 0. The molecule has 6 nitrogen and oxygen atoms in total. The number of thioether (sulfide) groups is 1. The molecule has 0 saturated carbocycles. The van der Waals surface area contributed by atoms with Crippen molar-refractivity contribution >= 4 is 80.9 Å². The minimum Gasteiger partial charge on any atom is -0.325 e. The highest BCUT2D eigenvalue weighted by Crippen LogP contribution is 2.25. The molecule has 3 amide bonds. The molecule has 9 heteroatoms. The van der Waals surface area contributed by atoms with Gasteiger partial charge in [0.2, 0.25) is 5.91 Å². The van der Waals surface area contributed by atoms with Gasteiger partial charge in [-0.1, -0.05) is 83.9 Å². The number of carbonyl (C=O) groups excluding carboxylic acids is 3. The number of fused-ring (bicyclic) bond motifs is 1. The number of benzene rings is 5. The molecule has 0 aliphatic heterocycles. The first-order valence-corrected chi connectivity index (χ1v) is 14.9. The molecule has 43 heavy (non-hydrogen) atoms. The Bertz CT molecular complexity index is 1840. The number of nitrogens with one attached hydrogen (secondary N) is 3. The van der Waals surface area contributed by atoms with E-state index < -0.39 is 11.8 Å². The Morgan fingerprint density at radius 3 is 2.23 bits per heavy atom. The van der Waals surface area contributed by atoms with Gasteiger partial charge in [-0.05, 0) is 77.0 Å². The Morgan fingerprint density at radius 1 is 0.698 bits per heavy atom. The minimum absolute atomic E-state index is 0.00843. The summed E-state index contributed by atoms with van der Waals surface area (Å²) in [4.78, 5) is 39.7. The fourth-order valence-corrected chi connectivity index (χ4v) is 5.41. The summed E-state index contributed by atoms with van der Waals surface area (Å²) in [6.45, 7) is 0. The molecule has 5 aromatic carbocycles. The zero-order chi connectivity index (χ0) is 30.2.